The van der Waals surface area contributed by atoms with E-state index in [9.17, 15) is 4.79 Å². The lowest BCUT2D eigenvalue weighted by atomic mass is 10.1. The van der Waals surface area contributed by atoms with Crippen molar-refractivity contribution in [2.24, 2.45) is 0 Å². The van der Waals surface area contributed by atoms with Crippen molar-refractivity contribution in [3.8, 4) is 0 Å². The lowest BCUT2D eigenvalue weighted by Crippen LogP contribution is -2.35. The summed E-state index contributed by atoms with van der Waals surface area (Å²) < 4.78 is 5.34. The highest BCUT2D eigenvalue weighted by Gasteiger charge is 2.10. The fourth-order valence-electron chi connectivity index (χ4n) is 2.31. The third kappa shape index (κ3) is 5.83. The van der Waals surface area contributed by atoms with Crippen molar-refractivity contribution in [3.05, 3.63) is 35.4 Å². The number of nitrogens with one attached hydrogen (secondary N) is 1. The number of hydrogen-bond acceptors (Lipinski definition) is 4. The Hall–Kier alpha value is -1.43. The van der Waals surface area contributed by atoms with Crippen LogP contribution in [0.2, 0.25) is 0 Å². The largest absolute Gasteiger partial charge is 0.396 e. The summed E-state index contributed by atoms with van der Waals surface area (Å²) in [6, 6.07) is 8.35. The number of hydrogen-bond donors (Lipinski definition) is 2. The summed E-state index contributed by atoms with van der Waals surface area (Å²) in [6.45, 7) is 5.17. The molecule has 0 aliphatic carbocycles. The highest BCUT2D eigenvalue weighted by molar-refractivity contribution is 5.75. The average molecular weight is 292 g/mol. The molecule has 1 saturated heterocycles. The first-order valence-electron chi connectivity index (χ1n) is 7.53. The maximum absolute atomic E-state index is 11.5. The first-order valence-corrected chi connectivity index (χ1v) is 7.53. The minimum atomic E-state index is -0.0126. The number of benzene rings is 1. The molecular weight excluding hydrogens is 268 g/mol. The Morgan fingerprint density at radius 2 is 1.86 bits per heavy atom. The van der Waals surface area contributed by atoms with Crippen LogP contribution in [-0.2, 0) is 22.6 Å². The van der Waals surface area contributed by atoms with Gasteiger partial charge in [-0.1, -0.05) is 24.3 Å². The van der Waals surface area contributed by atoms with Crippen LogP contribution in [-0.4, -0.2) is 48.8 Å². The zero-order valence-corrected chi connectivity index (χ0v) is 12.4. The highest BCUT2D eigenvalue weighted by atomic mass is 16.5. The molecule has 1 aliphatic rings. The van der Waals surface area contributed by atoms with Crippen LogP contribution in [0, 0.1) is 0 Å². The van der Waals surface area contributed by atoms with Gasteiger partial charge < -0.3 is 15.2 Å². The Morgan fingerprint density at radius 1 is 1.19 bits per heavy atom. The minimum absolute atomic E-state index is 0.0126. The molecule has 0 unspecified atom stereocenters. The van der Waals surface area contributed by atoms with E-state index < -0.39 is 0 Å². The summed E-state index contributed by atoms with van der Waals surface area (Å²) >= 11 is 0. The van der Waals surface area contributed by atoms with Crippen molar-refractivity contribution in [2.45, 2.75) is 25.9 Å². The summed E-state index contributed by atoms with van der Waals surface area (Å²) in [7, 11) is 0. The zero-order chi connectivity index (χ0) is 14.9. The summed E-state index contributed by atoms with van der Waals surface area (Å²) in [5.74, 6) is -0.0126. The van der Waals surface area contributed by atoms with Gasteiger partial charge in [-0.2, -0.15) is 0 Å². The topological polar surface area (TPSA) is 61.8 Å². The second-order valence-corrected chi connectivity index (χ2v) is 5.31. The van der Waals surface area contributed by atoms with E-state index >= 15 is 0 Å². The van der Waals surface area contributed by atoms with Gasteiger partial charge in [0.05, 0.1) is 13.2 Å². The van der Waals surface area contributed by atoms with Crippen LogP contribution in [0.1, 0.15) is 24.0 Å². The molecule has 0 spiro atoms. The molecule has 1 fully saturated rings. The molecule has 0 bridgehead atoms. The molecular formula is C16H24N2O3. The number of carbonyl (C=O) groups is 1. The number of amides is 1. The van der Waals surface area contributed by atoms with Crippen molar-refractivity contribution in [1.29, 1.82) is 0 Å². The predicted molar refractivity (Wildman–Crippen MR) is 80.7 cm³/mol. The molecule has 1 amide bonds. The van der Waals surface area contributed by atoms with Crippen molar-refractivity contribution in [1.82, 2.24) is 10.2 Å². The van der Waals surface area contributed by atoms with Gasteiger partial charge >= 0.3 is 0 Å². The number of aliphatic hydroxyl groups excluding tert-OH is 1. The Morgan fingerprint density at radius 3 is 2.52 bits per heavy atom. The highest BCUT2D eigenvalue weighted by Crippen LogP contribution is 2.09. The summed E-state index contributed by atoms with van der Waals surface area (Å²) in [5.41, 5.74) is 2.38. The van der Waals surface area contributed by atoms with Gasteiger partial charge in [0, 0.05) is 39.2 Å². The average Bonchev–Trinajstić information content (AvgIpc) is 2.53. The van der Waals surface area contributed by atoms with Gasteiger partial charge in [0.15, 0.2) is 0 Å². The van der Waals surface area contributed by atoms with E-state index in [1.807, 2.05) is 0 Å². The van der Waals surface area contributed by atoms with Crippen molar-refractivity contribution >= 4 is 5.91 Å². The molecule has 5 nitrogen and oxygen atoms in total. The monoisotopic (exact) mass is 292 g/mol. The predicted octanol–water partition coefficient (Wildman–Crippen LogP) is 0.907. The van der Waals surface area contributed by atoms with E-state index in [-0.39, 0.29) is 12.5 Å². The molecule has 21 heavy (non-hydrogen) atoms. The van der Waals surface area contributed by atoms with E-state index in [0.29, 0.717) is 19.4 Å². The van der Waals surface area contributed by atoms with Crippen LogP contribution in [0.25, 0.3) is 0 Å². The van der Waals surface area contributed by atoms with Gasteiger partial charge in [0.2, 0.25) is 5.91 Å². The Balaban J connectivity index is 1.74. The Labute approximate surface area is 125 Å². The second-order valence-electron chi connectivity index (χ2n) is 5.31. The maximum Gasteiger partial charge on any atom is 0.220 e. The van der Waals surface area contributed by atoms with Gasteiger partial charge in [-0.3, -0.25) is 9.69 Å². The van der Waals surface area contributed by atoms with E-state index in [0.717, 1.165) is 38.4 Å². The maximum atomic E-state index is 11.5. The van der Waals surface area contributed by atoms with Crippen molar-refractivity contribution < 1.29 is 14.6 Å². The van der Waals surface area contributed by atoms with Crippen molar-refractivity contribution in [2.75, 3.05) is 32.9 Å². The number of ether oxygens (including phenoxy) is 1. The smallest absolute Gasteiger partial charge is 0.220 e. The molecule has 116 valence electrons. The number of rotatable bonds is 7. The SMILES string of the molecule is O=C(CCCO)NCc1ccc(CN2CCOCC2)cc1. The minimum Gasteiger partial charge on any atom is -0.396 e. The quantitative estimate of drug-likeness (QED) is 0.784. The molecule has 2 N–H and O–H groups in total. The lowest BCUT2D eigenvalue weighted by molar-refractivity contribution is -0.121. The molecule has 1 aliphatic heterocycles. The van der Waals surface area contributed by atoms with Crippen LogP contribution in [0.4, 0.5) is 0 Å². The first-order chi connectivity index (χ1) is 10.3. The Kier molecular flexibility index (Phi) is 6.66. The van der Waals surface area contributed by atoms with Crippen LogP contribution < -0.4 is 5.32 Å². The van der Waals surface area contributed by atoms with Crippen LogP contribution in [0.15, 0.2) is 24.3 Å². The van der Waals surface area contributed by atoms with E-state index in [4.69, 9.17) is 9.84 Å². The molecule has 0 atom stereocenters. The van der Waals surface area contributed by atoms with Gasteiger partial charge in [-0.25, -0.2) is 0 Å². The molecule has 0 aromatic heterocycles. The zero-order valence-electron chi connectivity index (χ0n) is 12.4. The van der Waals surface area contributed by atoms with Gasteiger partial charge in [-0.15, -0.1) is 0 Å². The van der Waals surface area contributed by atoms with Crippen LogP contribution in [0.3, 0.4) is 0 Å². The number of carbonyl (C=O) groups excluding carboxylic acids is 1. The Bertz CT molecular complexity index is 428. The van der Waals surface area contributed by atoms with Crippen LogP contribution >= 0.6 is 0 Å². The molecule has 5 heteroatoms. The number of nitrogens with zero attached hydrogens (tertiary/aromatic N) is 1. The van der Waals surface area contributed by atoms with Crippen molar-refractivity contribution in [3.63, 3.8) is 0 Å². The lowest BCUT2D eigenvalue weighted by Gasteiger charge is -2.26. The molecule has 0 saturated carbocycles. The fraction of sp³-hybridized carbons (Fsp3) is 0.562. The van der Waals surface area contributed by atoms with Gasteiger partial charge in [-0.05, 0) is 17.5 Å². The summed E-state index contributed by atoms with van der Waals surface area (Å²) in [4.78, 5) is 13.8. The fourth-order valence-corrected chi connectivity index (χ4v) is 2.31. The normalized spacial score (nSPS) is 15.9. The van der Waals surface area contributed by atoms with Gasteiger partial charge in [0.1, 0.15) is 0 Å². The van der Waals surface area contributed by atoms with E-state index in [1.54, 1.807) is 0 Å². The first kappa shape index (κ1) is 15.9. The molecule has 1 aromatic carbocycles. The third-order valence-corrected chi connectivity index (χ3v) is 3.58. The molecule has 2 rings (SSSR count). The van der Waals surface area contributed by atoms with Gasteiger partial charge in [0.25, 0.3) is 0 Å². The molecule has 1 aromatic rings. The summed E-state index contributed by atoms with van der Waals surface area (Å²) in [5, 5.41) is 11.5. The molecule has 0 radical (unpaired) electrons. The van der Waals surface area contributed by atoms with Crippen LogP contribution in [0.5, 0.6) is 0 Å². The van der Waals surface area contributed by atoms with E-state index in [2.05, 4.69) is 34.5 Å². The number of aliphatic hydroxyl groups is 1. The van der Waals surface area contributed by atoms with E-state index in [1.165, 1.54) is 5.56 Å². The second kappa shape index (κ2) is 8.77. The standard InChI is InChI=1S/C16H24N2O3/c19-9-1-2-16(20)17-12-14-3-5-15(6-4-14)13-18-7-10-21-11-8-18/h3-6,19H,1-2,7-13H2,(H,17,20). The third-order valence-electron chi connectivity index (χ3n) is 3.58. The summed E-state index contributed by atoms with van der Waals surface area (Å²) in [6.07, 6.45) is 0.899. The number of morpholine rings is 1. The molecule has 1 heterocycles.